The van der Waals surface area contributed by atoms with Crippen LogP contribution in [0.15, 0.2) is 35.5 Å². The molecule has 2 bridgehead atoms. The van der Waals surface area contributed by atoms with Crippen LogP contribution in [0.5, 0.6) is 0 Å². The molecule has 4 rings (SSSR count). The minimum absolute atomic E-state index is 0.150. The van der Waals surface area contributed by atoms with E-state index in [0.717, 1.165) is 23.7 Å². The molecule has 112 valence electrons. The van der Waals surface area contributed by atoms with E-state index in [0.29, 0.717) is 18.3 Å². The first-order valence-corrected chi connectivity index (χ1v) is 8.05. The van der Waals surface area contributed by atoms with Crippen LogP contribution in [0.3, 0.4) is 0 Å². The lowest BCUT2D eigenvalue weighted by Gasteiger charge is -2.21. The molecular formula is C17H23N3O. The van der Waals surface area contributed by atoms with Crippen molar-refractivity contribution in [3.05, 3.63) is 35.9 Å². The molecule has 0 saturated heterocycles. The number of nitrogens with zero attached hydrogens (tertiary/aromatic N) is 1. The van der Waals surface area contributed by atoms with Gasteiger partial charge in [0.25, 0.3) is 0 Å². The summed E-state index contributed by atoms with van der Waals surface area (Å²) in [7, 11) is 0. The average Bonchev–Trinajstić information content (AvgIpc) is 2.91. The van der Waals surface area contributed by atoms with E-state index in [1.54, 1.807) is 0 Å². The lowest BCUT2D eigenvalue weighted by Crippen LogP contribution is -2.31. The smallest absolute Gasteiger partial charge is 0.141 e. The van der Waals surface area contributed by atoms with Crippen LogP contribution >= 0.6 is 0 Å². The van der Waals surface area contributed by atoms with Gasteiger partial charge in [-0.25, -0.2) is 0 Å². The number of oxime groups is 1. The standard InChI is InChI=1S/C17H23N3O/c18-14(20-21)9-13(10-4-2-1-3-5-10)19-17-15-11-6-7-12(8-11)16(15)17/h1-5,11-13,15-17,19,21H,6-9H2,(H2,18,20). The molecule has 0 amide bonds. The summed E-state index contributed by atoms with van der Waals surface area (Å²) in [6.45, 7) is 0. The van der Waals surface area contributed by atoms with Crippen molar-refractivity contribution < 1.29 is 5.21 Å². The van der Waals surface area contributed by atoms with Gasteiger partial charge >= 0.3 is 0 Å². The summed E-state index contributed by atoms with van der Waals surface area (Å²) in [4.78, 5) is 0. The summed E-state index contributed by atoms with van der Waals surface area (Å²) in [5, 5.41) is 15.8. The predicted molar refractivity (Wildman–Crippen MR) is 81.9 cm³/mol. The highest BCUT2D eigenvalue weighted by atomic mass is 16.4. The lowest BCUT2D eigenvalue weighted by molar-refractivity contribution is 0.315. The zero-order valence-corrected chi connectivity index (χ0v) is 12.2. The second kappa shape index (κ2) is 5.02. The Morgan fingerprint density at radius 3 is 2.52 bits per heavy atom. The fourth-order valence-corrected chi connectivity index (χ4v) is 4.99. The fourth-order valence-electron chi connectivity index (χ4n) is 4.99. The van der Waals surface area contributed by atoms with Gasteiger partial charge < -0.3 is 16.3 Å². The Hall–Kier alpha value is -1.55. The van der Waals surface area contributed by atoms with Gasteiger partial charge in [0.15, 0.2) is 0 Å². The summed E-state index contributed by atoms with van der Waals surface area (Å²) >= 11 is 0. The van der Waals surface area contributed by atoms with E-state index in [1.807, 2.05) is 18.2 Å². The van der Waals surface area contributed by atoms with Crippen LogP contribution in [0.2, 0.25) is 0 Å². The maximum absolute atomic E-state index is 8.87. The minimum Gasteiger partial charge on any atom is -0.409 e. The fraction of sp³-hybridized carbons (Fsp3) is 0.588. The first kappa shape index (κ1) is 13.1. The normalized spacial score (nSPS) is 38.3. The highest BCUT2D eigenvalue weighted by Gasteiger charge is 2.65. The number of amidine groups is 1. The summed E-state index contributed by atoms with van der Waals surface area (Å²) in [6.07, 6.45) is 4.88. The number of fused-ring (bicyclic) bond motifs is 5. The van der Waals surface area contributed by atoms with Crippen LogP contribution in [0, 0.1) is 23.7 Å². The molecule has 0 radical (unpaired) electrons. The van der Waals surface area contributed by atoms with E-state index in [4.69, 9.17) is 10.9 Å². The van der Waals surface area contributed by atoms with Gasteiger partial charge in [-0.15, -0.1) is 0 Å². The molecule has 0 heterocycles. The topological polar surface area (TPSA) is 70.6 Å². The monoisotopic (exact) mass is 285 g/mol. The Labute approximate surface area is 125 Å². The molecule has 3 fully saturated rings. The van der Waals surface area contributed by atoms with Crippen molar-refractivity contribution in [1.29, 1.82) is 0 Å². The number of rotatable bonds is 5. The average molecular weight is 285 g/mol. The van der Waals surface area contributed by atoms with Gasteiger partial charge in [-0.1, -0.05) is 35.5 Å². The van der Waals surface area contributed by atoms with E-state index < -0.39 is 0 Å². The van der Waals surface area contributed by atoms with Crippen molar-refractivity contribution in [3.8, 4) is 0 Å². The Morgan fingerprint density at radius 2 is 1.90 bits per heavy atom. The van der Waals surface area contributed by atoms with E-state index >= 15 is 0 Å². The van der Waals surface area contributed by atoms with Crippen molar-refractivity contribution in [1.82, 2.24) is 5.32 Å². The third-order valence-electron chi connectivity index (χ3n) is 5.87. The van der Waals surface area contributed by atoms with Gasteiger partial charge in [-0.3, -0.25) is 0 Å². The van der Waals surface area contributed by atoms with E-state index in [1.165, 1.54) is 24.8 Å². The first-order chi connectivity index (χ1) is 10.3. The number of hydrogen-bond donors (Lipinski definition) is 3. The summed E-state index contributed by atoms with van der Waals surface area (Å²) in [5.41, 5.74) is 6.97. The molecule has 3 saturated carbocycles. The number of nitrogens with one attached hydrogen (secondary N) is 1. The third kappa shape index (κ3) is 2.22. The highest BCUT2D eigenvalue weighted by molar-refractivity contribution is 5.80. The van der Waals surface area contributed by atoms with Gasteiger partial charge in [0.05, 0.1) is 0 Å². The molecule has 3 aliphatic carbocycles. The van der Waals surface area contributed by atoms with E-state index in [-0.39, 0.29) is 6.04 Å². The van der Waals surface area contributed by atoms with Crippen molar-refractivity contribution in [3.63, 3.8) is 0 Å². The number of nitrogens with two attached hydrogens (primary N) is 1. The predicted octanol–water partition coefficient (Wildman–Crippen LogP) is 2.50. The summed E-state index contributed by atoms with van der Waals surface area (Å²) < 4.78 is 0. The quantitative estimate of drug-likeness (QED) is 0.337. The summed E-state index contributed by atoms with van der Waals surface area (Å²) in [6, 6.07) is 11.2. The Balaban J connectivity index is 1.49. The second-order valence-corrected chi connectivity index (χ2v) is 6.94. The maximum Gasteiger partial charge on any atom is 0.141 e. The molecule has 0 aliphatic heterocycles. The highest BCUT2D eigenvalue weighted by Crippen LogP contribution is 2.65. The van der Waals surface area contributed by atoms with Crippen molar-refractivity contribution in [2.24, 2.45) is 34.6 Å². The van der Waals surface area contributed by atoms with Crippen molar-refractivity contribution in [2.75, 3.05) is 0 Å². The molecular weight excluding hydrogens is 262 g/mol. The number of benzene rings is 1. The molecule has 0 spiro atoms. The maximum atomic E-state index is 8.87. The number of hydrogen-bond acceptors (Lipinski definition) is 3. The van der Waals surface area contributed by atoms with Crippen LogP contribution < -0.4 is 11.1 Å². The van der Waals surface area contributed by atoms with Crippen LogP contribution in [0.4, 0.5) is 0 Å². The Morgan fingerprint density at radius 1 is 1.24 bits per heavy atom. The Kier molecular flexibility index (Phi) is 3.14. The van der Waals surface area contributed by atoms with Crippen LogP contribution in [0.1, 0.15) is 37.3 Å². The Bertz CT molecular complexity index is 528. The van der Waals surface area contributed by atoms with Gasteiger partial charge in [0, 0.05) is 18.5 Å². The van der Waals surface area contributed by atoms with E-state index in [9.17, 15) is 0 Å². The first-order valence-electron chi connectivity index (χ1n) is 8.05. The molecule has 1 aromatic carbocycles. The van der Waals surface area contributed by atoms with Crippen LogP contribution in [0.25, 0.3) is 0 Å². The van der Waals surface area contributed by atoms with E-state index in [2.05, 4.69) is 22.6 Å². The van der Waals surface area contributed by atoms with Gasteiger partial charge in [0.1, 0.15) is 5.84 Å². The lowest BCUT2D eigenvalue weighted by atomic mass is 10.0. The third-order valence-corrected chi connectivity index (χ3v) is 5.87. The zero-order chi connectivity index (χ0) is 14.4. The zero-order valence-electron chi connectivity index (χ0n) is 12.2. The molecule has 1 aromatic rings. The largest absolute Gasteiger partial charge is 0.409 e. The molecule has 5 atom stereocenters. The SMILES string of the molecule is N/C(CC(NC1C2C3CCC(C3)C12)c1ccccc1)=N/O. The molecule has 0 aromatic heterocycles. The van der Waals surface area contributed by atoms with Crippen LogP contribution in [-0.4, -0.2) is 17.1 Å². The molecule has 5 unspecified atom stereocenters. The van der Waals surface area contributed by atoms with Gasteiger partial charge in [-0.05, 0) is 48.5 Å². The van der Waals surface area contributed by atoms with Crippen molar-refractivity contribution >= 4 is 5.84 Å². The second-order valence-electron chi connectivity index (χ2n) is 6.94. The minimum atomic E-state index is 0.150. The molecule has 4 heteroatoms. The van der Waals surface area contributed by atoms with Crippen molar-refractivity contribution in [2.45, 2.75) is 37.8 Å². The molecule has 4 N–H and O–H groups in total. The summed E-state index contributed by atoms with van der Waals surface area (Å²) in [5.74, 6) is 3.99. The van der Waals surface area contributed by atoms with Gasteiger partial charge in [-0.2, -0.15) is 0 Å². The molecule has 3 aliphatic rings. The van der Waals surface area contributed by atoms with Crippen LogP contribution in [-0.2, 0) is 0 Å². The molecule has 4 nitrogen and oxygen atoms in total. The van der Waals surface area contributed by atoms with Gasteiger partial charge in [0.2, 0.25) is 0 Å². The molecule has 21 heavy (non-hydrogen) atoms.